The van der Waals surface area contributed by atoms with Crippen LogP contribution in [-0.2, 0) is 0 Å². The monoisotopic (exact) mass is 326 g/mol. The number of nitrogens with one attached hydrogen (secondary N) is 1. The van der Waals surface area contributed by atoms with Crippen molar-refractivity contribution in [2.45, 2.75) is 26.2 Å². The van der Waals surface area contributed by atoms with Crippen LogP contribution in [0.3, 0.4) is 0 Å². The van der Waals surface area contributed by atoms with Gasteiger partial charge in [0.15, 0.2) is 0 Å². The lowest BCUT2D eigenvalue weighted by Gasteiger charge is -2.22. The van der Waals surface area contributed by atoms with E-state index in [9.17, 15) is 4.79 Å². The molecule has 1 aliphatic rings. The largest absolute Gasteiger partial charge is 0.337 e. The SMILES string of the molecule is CC(C)c1ccc(C(=O)N2CCCN(C)CC2)cc1-c1cn[nH]c1. The molecule has 5 nitrogen and oxygen atoms in total. The van der Waals surface area contributed by atoms with Crippen molar-refractivity contribution in [2.75, 3.05) is 33.2 Å². The highest BCUT2D eigenvalue weighted by molar-refractivity contribution is 5.96. The Bertz CT molecular complexity index is 693. The lowest BCUT2D eigenvalue weighted by molar-refractivity contribution is 0.0763. The van der Waals surface area contributed by atoms with Gasteiger partial charge < -0.3 is 9.80 Å². The van der Waals surface area contributed by atoms with Gasteiger partial charge in [0.2, 0.25) is 0 Å². The summed E-state index contributed by atoms with van der Waals surface area (Å²) in [6.07, 6.45) is 4.73. The molecule has 0 bridgehead atoms. The maximum absolute atomic E-state index is 12.9. The maximum Gasteiger partial charge on any atom is 0.253 e. The zero-order valence-electron chi connectivity index (χ0n) is 14.7. The Morgan fingerprint density at radius 3 is 2.75 bits per heavy atom. The van der Waals surface area contributed by atoms with Crippen LogP contribution in [0, 0.1) is 0 Å². The number of likely N-dealkylation sites (N-methyl/N-ethyl adjacent to an activating group) is 1. The van der Waals surface area contributed by atoms with Crippen LogP contribution in [0.25, 0.3) is 11.1 Å². The van der Waals surface area contributed by atoms with Gasteiger partial charge >= 0.3 is 0 Å². The Morgan fingerprint density at radius 2 is 2.04 bits per heavy atom. The molecule has 0 saturated carbocycles. The summed E-state index contributed by atoms with van der Waals surface area (Å²) in [4.78, 5) is 17.2. The highest BCUT2D eigenvalue weighted by atomic mass is 16.2. The number of carbonyl (C=O) groups is 1. The number of carbonyl (C=O) groups excluding carboxylic acids is 1. The summed E-state index contributed by atoms with van der Waals surface area (Å²) < 4.78 is 0. The van der Waals surface area contributed by atoms with Crippen molar-refractivity contribution in [1.29, 1.82) is 0 Å². The van der Waals surface area contributed by atoms with Gasteiger partial charge in [0, 0.05) is 37.0 Å². The van der Waals surface area contributed by atoms with Gasteiger partial charge in [0.25, 0.3) is 5.91 Å². The molecule has 0 unspecified atom stereocenters. The van der Waals surface area contributed by atoms with E-state index in [0.29, 0.717) is 5.92 Å². The fraction of sp³-hybridized carbons (Fsp3) is 0.474. The van der Waals surface area contributed by atoms with Crippen molar-refractivity contribution in [1.82, 2.24) is 20.0 Å². The summed E-state index contributed by atoms with van der Waals surface area (Å²) >= 11 is 0. The molecule has 1 fully saturated rings. The maximum atomic E-state index is 12.9. The first kappa shape index (κ1) is 16.7. The lowest BCUT2D eigenvalue weighted by atomic mass is 9.92. The molecule has 128 valence electrons. The predicted octanol–water partition coefficient (Wildman–Crippen LogP) is 2.98. The number of H-pyrrole nitrogens is 1. The molecule has 2 aromatic rings. The number of hydrogen-bond donors (Lipinski definition) is 1. The summed E-state index contributed by atoms with van der Waals surface area (Å²) in [6, 6.07) is 6.08. The summed E-state index contributed by atoms with van der Waals surface area (Å²) in [5.74, 6) is 0.524. The third kappa shape index (κ3) is 3.51. The Morgan fingerprint density at radius 1 is 1.21 bits per heavy atom. The van der Waals surface area contributed by atoms with E-state index in [2.05, 4.69) is 42.1 Å². The van der Waals surface area contributed by atoms with Crippen LogP contribution < -0.4 is 0 Å². The lowest BCUT2D eigenvalue weighted by Crippen LogP contribution is -2.34. The van der Waals surface area contributed by atoms with E-state index in [-0.39, 0.29) is 5.91 Å². The third-order valence-electron chi connectivity index (χ3n) is 4.74. The second-order valence-electron chi connectivity index (χ2n) is 6.89. The van der Waals surface area contributed by atoms with Crippen LogP contribution in [0.1, 0.15) is 42.1 Å². The number of hydrogen-bond acceptors (Lipinski definition) is 3. The van der Waals surface area contributed by atoms with Gasteiger partial charge in [0.05, 0.1) is 6.20 Å². The van der Waals surface area contributed by atoms with Crippen LogP contribution in [0.15, 0.2) is 30.6 Å². The summed E-state index contributed by atoms with van der Waals surface area (Å²) in [6.45, 7) is 7.95. The first-order chi connectivity index (χ1) is 11.6. The van der Waals surface area contributed by atoms with Gasteiger partial charge in [-0.15, -0.1) is 0 Å². The van der Waals surface area contributed by atoms with Gasteiger partial charge in [-0.1, -0.05) is 19.9 Å². The molecule has 1 aromatic heterocycles. The van der Waals surface area contributed by atoms with Crippen molar-refractivity contribution in [2.24, 2.45) is 0 Å². The van der Waals surface area contributed by atoms with E-state index in [1.807, 2.05) is 29.4 Å². The van der Waals surface area contributed by atoms with E-state index in [1.54, 1.807) is 0 Å². The second kappa shape index (κ2) is 7.18. The van der Waals surface area contributed by atoms with Gasteiger partial charge in [-0.3, -0.25) is 9.89 Å². The molecule has 1 aromatic carbocycles. The smallest absolute Gasteiger partial charge is 0.253 e. The van der Waals surface area contributed by atoms with Crippen molar-refractivity contribution in [3.8, 4) is 11.1 Å². The molecule has 2 heterocycles. The van der Waals surface area contributed by atoms with Crippen LogP contribution in [0.5, 0.6) is 0 Å². The first-order valence-electron chi connectivity index (χ1n) is 8.67. The highest BCUT2D eigenvalue weighted by Crippen LogP contribution is 2.30. The molecule has 1 amide bonds. The molecule has 0 radical (unpaired) electrons. The van der Waals surface area contributed by atoms with Crippen LogP contribution in [-0.4, -0.2) is 59.1 Å². The van der Waals surface area contributed by atoms with Crippen LogP contribution in [0.2, 0.25) is 0 Å². The Hall–Kier alpha value is -2.14. The number of amides is 1. The highest BCUT2D eigenvalue weighted by Gasteiger charge is 2.20. The van der Waals surface area contributed by atoms with Crippen LogP contribution >= 0.6 is 0 Å². The Kier molecular flexibility index (Phi) is 5.00. The standard InChI is InChI=1S/C19H26N4O/c1-14(2)17-6-5-15(11-18(17)16-12-20-21-13-16)19(24)23-8-4-7-22(3)9-10-23/h5-6,11-14H,4,7-10H2,1-3H3,(H,20,21). The molecule has 3 rings (SSSR count). The van der Waals surface area contributed by atoms with Crippen molar-refractivity contribution in [3.63, 3.8) is 0 Å². The Labute approximate surface area is 143 Å². The molecule has 1 aliphatic heterocycles. The van der Waals surface area contributed by atoms with Gasteiger partial charge in [-0.25, -0.2) is 0 Å². The van der Waals surface area contributed by atoms with Gasteiger partial charge in [-0.05, 0) is 49.2 Å². The predicted molar refractivity (Wildman–Crippen MR) is 96.1 cm³/mol. The minimum atomic E-state index is 0.130. The number of nitrogens with zero attached hydrogens (tertiary/aromatic N) is 3. The van der Waals surface area contributed by atoms with E-state index in [1.165, 1.54) is 5.56 Å². The Balaban J connectivity index is 1.91. The first-order valence-corrected chi connectivity index (χ1v) is 8.67. The molecule has 0 spiro atoms. The molecule has 0 aliphatic carbocycles. The zero-order valence-corrected chi connectivity index (χ0v) is 14.7. The fourth-order valence-electron chi connectivity index (χ4n) is 3.27. The molecule has 1 saturated heterocycles. The van der Waals surface area contributed by atoms with Crippen LogP contribution in [0.4, 0.5) is 0 Å². The van der Waals surface area contributed by atoms with Crippen molar-refractivity contribution < 1.29 is 4.79 Å². The minimum absolute atomic E-state index is 0.130. The summed E-state index contributed by atoms with van der Waals surface area (Å²) in [5.41, 5.74) is 4.13. The molecule has 0 atom stereocenters. The minimum Gasteiger partial charge on any atom is -0.337 e. The van der Waals surface area contributed by atoms with Gasteiger partial charge in [-0.2, -0.15) is 5.10 Å². The molecule has 1 N–H and O–H groups in total. The topological polar surface area (TPSA) is 52.2 Å². The second-order valence-corrected chi connectivity index (χ2v) is 6.89. The van der Waals surface area contributed by atoms with Crippen molar-refractivity contribution in [3.05, 3.63) is 41.7 Å². The molecule has 5 heteroatoms. The van der Waals surface area contributed by atoms with Crippen molar-refractivity contribution >= 4 is 5.91 Å². The number of aromatic amines is 1. The normalized spacial score (nSPS) is 16.4. The summed E-state index contributed by atoms with van der Waals surface area (Å²) in [7, 11) is 2.11. The molecular formula is C19H26N4O. The third-order valence-corrected chi connectivity index (χ3v) is 4.74. The fourth-order valence-corrected chi connectivity index (χ4v) is 3.27. The molecule has 24 heavy (non-hydrogen) atoms. The average molecular weight is 326 g/mol. The van der Waals surface area contributed by atoms with E-state index in [4.69, 9.17) is 0 Å². The quantitative estimate of drug-likeness (QED) is 0.943. The van der Waals surface area contributed by atoms with E-state index >= 15 is 0 Å². The number of aromatic nitrogens is 2. The van der Waals surface area contributed by atoms with E-state index in [0.717, 1.165) is 49.3 Å². The van der Waals surface area contributed by atoms with E-state index < -0.39 is 0 Å². The number of rotatable bonds is 3. The number of benzene rings is 1. The molecular weight excluding hydrogens is 300 g/mol. The zero-order chi connectivity index (χ0) is 17.1. The average Bonchev–Trinajstić information content (AvgIpc) is 3.02. The summed E-state index contributed by atoms with van der Waals surface area (Å²) in [5, 5.41) is 6.93. The van der Waals surface area contributed by atoms with Gasteiger partial charge in [0.1, 0.15) is 0 Å².